The number of carbonyl (C=O) groups excluding carboxylic acids is 1. The Bertz CT molecular complexity index is 421. The normalized spacial score (nSPS) is 19.4. The van der Waals surface area contributed by atoms with Crippen molar-refractivity contribution in [3.8, 4) is 0 Å². The number of thioether (sulfide) groups is 1. The van der Waals surface area contributed by atoms with Gasteiger partial charge in [0.1, 0.15) is 5.88 Å². The van der Waals surface area contributed by atoms with Crippen molar-refractivity contribution in [3.05, 3.63) is 23.8 Å². The molecule has 1 atom stereocenters. The number of aryl methyl sites for hydroxylation is 1. The first kappa shape index (κ1) is 11.8. The number of fused-ring (bicyclic) bond motifs is 1. The van der Waals surface area contributed by atoms with Gasteiger partial charge in [0, 0.05) is 16.7 Å². The van der Waals surface area contributed by atoms with E-state index in [1.165, 1.54) is 4.90 Å². The minimum atomic E-state index is -0.00985. The van der Waals surface area contributed by atoms with Crippen molar-refractivity contribution in [1.29, 1.82) is 0 Å². The summed E-state index contributed by atoms with van der Waals surface area (Å²) < 4.78 is 0. The topological polar surface area (TPSA) is 20.3 Å². The Morgan fingerprint density at radius 1 is 1.62 bits per heavy atom. The van der Waals surface area contributed by atoms with Crippen LogP contribution in [-0.4, -0.2) is 23.6 Å². The van der Waals surface area contributed by atoms with Crippen molar-refractivity contribution < 1.29 is 4.79 Å². The molecule has 0 saturated carbocycles. The summed E-state index contributed by atoms with van der Waals surface area (Å²) in [6.45, 7) is 4.91. The van der Waals surface area contributed by atoms with Crippen LogP contribution < -0.4 is 4.90 Å². The molecule has 2 nitrogen and oxygen atoms in total. The number of hydrogen-bond donors (Lipinski definition) is 0. The van der Waals surface area contributed by atoms with Gasteiger partial charge in [-0.25, -0.2) is 0 Å². The van der Waals surface area contributed by atoms with Crippen LogP contribution in [0.3, 0.4) is 0 Å². The molecule has 0 saturated heterocycles. The molecular formula is C12H14ClNOS. The van der Waals surface area contributed by atoms with Gasteiger partial charge in [-0.3, -0.25) is 4.79 Å². The lowest BCUT2D eigenvalue weighted by molar-refractivity contribution is -0.116. The van der Waals surface area contributed by atoms with Crippen LogP contribution in [0.2, 0.25) is 0 Å². The molecular weight excluding hydrogens is 242 g/mol. The molecule has 86 valence electrons. The SMILES string of the molecule is Cc1cccc2c1N(C(=O)CCl)CC(C)S2. The minimum Gasteiger partial charge on any atom is -0.309 e. The van der Waals surface area contributed by atoms with Gasteiger partial charge >= 0.3 is 0 Å². The molecule has 0 aromatic heterocycles. The summed E-state index contributed by atoms with van der Waals surface area (Å²) in [5.41, 5.74) is 2.17. The van der Waals surface area contributed by atoms with Crippen LogP contribution >= 0.6 is 23.4 Å². The molecule has 0 spiro atoms. The van der Waals surface area contributed by atoms with Crippen molar-refractivity contribution in [1.82, 2.24) is 0 Å². The smallest absolute Gasteiger partial charge is 0.241 e. The van der Waals surface area contributed by atoms with Crippen LogP contribution in [0.15, 0.2) is 23.1 Å². The van der Waals surface area contributed by atoms with E-state index in [4.69, 9.17) is 11.6 Å². The van der Waals surface area contributed by atoms with Gasteiger partial charge in [0.2, 0.25) is 5.91 Å². The number of halogens is 1. The zero-order valence-electron chi connectivity index (χ0n) is 9.37. The molecule has 0 radical (unpaired) electrons. The summed E-state index contributed by atoms with van der Waals surface area (Å²) in [4.78, 5) is 14.8. The zero-order valence-corrected chi connectivity index (χ0v) is 10.9. The second-order valence-electron chi connectivity index (χ2n) is 3.99. The number of amides is 1. The second-order valence-corrected chi connectivity index (χ2v) is 5.74. The number of alkyl halides is 1. The molecule has 0 N–H and O–H groups in total. The Balaban J connectivity index is 2.47. The largest absolute Gasteiger partial charge is 0.309 e. The summed E-state index contributed by atoms with van der Waals surface area (Å²) in [5.74, 6) is 0.0369. The highest BCUT2D eigenvalue weighted by Gasteiger charge is 2.27. The van der Waals surface area contributed by atoms with Crippen LogP contribution in [0.4, 0.5) is 5.69 Å². The van der Waals surface area contributed by atoms with Crippen LogP contribution in [0.5, 0.6) is 0 Å². The van der Waals surface area contributed by atoms with Crippen LogP contribution in [-0.2, 0) is 4.79 Å². The van der Waals surface area contributed by atoms with E-state index in [0.717, 1.165) is 17.8 Å². The average molecular weight is 256 g/mol. The molecule has 1 unspecified atom stereocenters. The summed E-state index contributed by atoms with van der Waals surface area (Å²) >= 11 is 7.47. The molecule has 0 bridgehead atoms. The maximum atomic E-state index is 11.8. The summed E-state index contributed by atoms with van der Waals surface area (Å²) in [5, 5.41) is 0.418. The molecule has 1 aliphatic rings. The van der Waals surface area contributed by atoms with E-state index in [1.807, 2.05) is 35.7 Å². The number of rotatable bonds is 1. The van der Waals surface area contributed by atoms with E-state index in [0.29, 0.717) is 5.25 Å². The number of carbonyl (C=O) groups is 1. The number of hydrogen-bond acceptors (Lipinski definition) is 2. The Kier molecular flexibility index (Phi) is 3.45. The molecule has 0 aliphatic carbocycles. The van der Waals surface area contributed by atoms with E-state index in [-0.39, 0.29) is 11.8 Å². The number of benzene rings is 1. The predicted molar refractivity (Wildman–Crippen MR) is 69.6 cm³/mol. The standard InChI is InChI=1S/C12H14ClNOS/c1-8-4-3-5-10-12(8)14(11(15)6-13)7-9(2)16-10/h3-5,9H,6-7H2,1-2H3. The van der Waals surface area contributed by atoms with Crippen molar-refractivity contribution in [3.63, 3.8) is 0 Å². The molecule has 2 rings (SSSR count). The fourth-order valence-electron chi connectivity index (χ4n) is 1.97. The highest BCUT2D eigenvalue weighted by atomic mass is 35.5. The molecule has 1 aliphatic heterocycles. The van der Waals surface area contributed by atoms with Crippen LogP contribution in [0.1, 0.15) is 12.5 Å². The Morgan fingerprint density at radius 2 is 2.38 bits per heavy atom. The van der Waals surface area contributed by atoms with Gasteiger partial charge in [-0.15, -0.1) is 23.4 Å². The van der Waals surface area contributed by atoms with E-state index < -0.39 is 0 Å². The second kappa shape index (κ2) is 4.68. The lowest BCUT2D eigenvalue weighted by atomic mass is 10.1. The quantitative estimate of drug-likeness (QED) is 0.719. The first-order valence-electron chi connectivity index (χ1n) is 5.26. The molecule has 1 aromatic carbocycles. The van der Waals surface area contributed by atoms with Crippen molar-refractivity contribution in [2.75, 3.05) is 17.3 Å². The summed E-state index contributed by atoms with van der Waals surface area (Å²) in [6.07, 6.45) is 0. The average Bonchev–Trinajstić information content (AvgIpc) is 2.27. The van der Waals surface area contributed by atoms with E-state index in [9.17, 15) is 4.79 Å². The van der Waals surface area contributed by atoms with Gasteiger partial charge in [-0.05, 0) is 18.6 Å². The lowest BCUT2D eigenvalue weighted by Crippen LogP contribution is -2.39. The molecule has 4 heteroatoms. The first-order valence-corrected chi connectivity index (χ1v) is 6.67. The Labute approximate surface area is 105 Å². The van der Waals surface area contributed by atoms with Gasteiger partial charge in [-0.2, -0.15) is 0 Å². The van der Waals surface area contributed by atoms with Crippen molar-refractivity contribution in [2.45, 2.75) is 24.0 Å². The van der Waals surface area contributed by atoms with Crippen LogP contribution in [0.25, 0.3) is 0 Å². The van der Waals surface area contributed by atoms with Gasteiger partial charge in [0.15, 0.2) is 0 Å². The zero-order chi connectivity index (χ0) is 11.7. The maximum absolute atomic E-state index is 11.8. The fourth-order valence-corrected chi connectivity index (χ4v) is 3.32. The van der Waals surface area contributed by atoms with E-state index in [2.05, 4.69) is 13.0 Å². The highest BCUT2D eigenvalue weighted by Crippen LogP contribution is 2.40. The number of anilines is 1. The molecule has 1 heterocycles. The van der Waals surface area contributed by atoms with Gasteiger partial charge in [-0.1, -0.05) is 19.1 Å². The number of para-hydroxylation sites is 1. The summed E-state index contributed by atoms with van der Waals surface area (Å²) in [7, 11) is 0. The highest BCUT2D eigenvalue weighted by molar-refractivity contribution is 8.00. The maximum Gasteiger partial charge on any atom is 0.241 e. The van der Waals surface area contributed by atoms with Crippen LogP contribution in [0, 0.1) is 6.92 Å². The molecule has 16 heavy (non-hydrogen) atoms. The number of nitrogens with zero attached hydrogens (tertiary/aromatic N) is 1. The minimum absolute atomic E-state index is 0.00985. The summed E-state index contributed by atoms with van der Waals surface area (Å²) in [6, 6.07) is 6.13. The Hall–Kier alpha value is -0.670. The molecule has 1 amide bonds. The predicted octanol–water partition coefficient (Wildman–Crippen LogP) is 3.06. The van der Waals surface area contributed by atoms with Gasteiger partial charge in [0.05, 0.1) is 5.69 Å². The van der Waals surface area contributed by atoms with E-state index in [1.54, 1.807) is 0 Å². The third kappa shape index (κ3) is 2.06. The fraction of sp³-hybridized carbons (Fsp3) is 0.417. The Morgan fingerprint density at radius 3 is 3.06 bits per heavy atom. The van der Waals surface area contributed by atoms with E-state index >= 15 is 0 Å². The van der Waals surface area contributed by atoms with Gasteiger partial charge in [0.25, 0.3) is 0 Å². The molecule has 0 fully saturated rings. The lowest BCUT2D eigenvalue weighted by Gasteiger charge is -2.33. The van der Waals surface area contributed by atoms with Gasteiger partial charge < -0.3 is 4.90 Å². The van der Waals surface area contributed by atoms with Crippen molar-refractivity contribution >= 4 is 35.0 Å². The molecule has 1 aromatic rings. The third-order valence-corrected chi connectivity index (χ3v) is 4.02. The third-order valence-electron chi connectivity index (χ3n) is 2.65. The monoisotopic (exact) mass is 255 g/mol. The first-order chi connectivity index (χ1) is 7.63. The van der Waals surface area contributed by atoms with Crippen molar-refractivity contribution in [2.24, 2.45) is 0 Å².